The summed E-state index contributed by atoms with van der Waals surface area (Å²) >= 11 is 6.12. The molecule has 17 nitrogen and oxygen atoms in total. The lowest BCUT2D eigenvalue weighted by atomic mass is 9.93. The van der Waals surface area contributed by atoms with Gasteiger partial charge in [0.25, 0.3) is 5.91 Å². The molecular formula is C53H63ClN8O9. The van der Waals surface area contributed by atoms with Crippen LogP contribution in [0.4, 0.5) is 16.4 Å². The first-order chi connectivity index (χ1) is 34.3. The van der Waals surface area contributed by atoms with Crippen molar-refractivity contribution in [3.63, 3.8) is 0 Å². The molecule has 18 heteroatoms. The number of nitrogen functional groups attached to an aromatic ring is 2. The van der Waals surface area contributed by atoms with Crippen LogP contribution in [0.3, 0.4) is 0 Å². The van der Waals surface area contributed by atoms with E-state index >= 15 is 0 Å². The highest BCUT2D eigenvalue weighted by atomic mass is 35.5. The number of hydrogen-bond acceptors (Lipinski definition) is 14. The Morgan fingerprint density at radius 1 is 0.887 bits per heavy atom. The van der Waals surface area contributed by atoms with Crippen molar-refractivity contribution in [2.75, 3.05) is 70.5 Å². The van der Waals surface area contributed by atoms with Gasteiger partial charge >= 0.3 is 6.09 Å². The number of nitrogens with zero attached hydrogens (tertiary/aromatic N) is 4. The van der Waals surface area contributed by atoms with Crippen LogP contribution in [-0.4, -0.2) is 136 Å². The standard InChI is InChI=1S/C53H63ClN8O9/c1-32-11-5-6-14-36(32)25-34(26-58-51(67)45-49(55)60-50(56)48(54)59-45)29-62(53(68)70-30-41-39-17-9-7-15-37(39)38-16-8-10-18-40(38)41)28-33-20-23-61(24-21-33)44(65)19-22-57-27-42(63)46(66)47-43(64)31-69-52(71-47)35-12-3-2-4-13-35/h2-18,33-34,41-43,46-47,52,57,63-64,66H,19-31H2,1H3,(H,58,67)(H4,55,56,60)/t34-,42+,43+,46+,47+,52+/m0/s1. The van der Waals surface area contributed by atoms with Gasteiger partial charge in [-0.15, -0.1) is 0 Å². The molecule has 3 amide bonds. The largest absolute Gasteiger partial charge is 0.448 e. The maximum atomic E-state index is 14.5. The van der Waals surface area contributed by atoms with Crippen LogP contribution >= 0.6 is 11.6 Å². The van der Waals surface area contributed by atoms with Crippen molar-refractivity contribution < 1.29 is 43.9 Å². The van der Waals surface area contributed by atoms with Crippen LogP contribution in [0.5, 0.6) is 0 Å². The first kappa shape index (κ1) is 51.2. The summed E-state index contributed by atoms with van der Waals surface area (Å²) in [5.41, 5.74) is 18.9. The van der Waals surface area contributed by atoms with E-state index in [9.17, 15) is 29.7 Å². The summed E-state index contributed by atoms with van der Waals surface area (Å²) in [6, 6.07) is 33.5. The lowest BCUT2D eigenvalue weighted by molar-refractivity contribution is -0.282. The van der Waals surface area contributed by atoms with E-state index in [1.54, 1.807) is 4.90 Å². The third-order valence-corrected chi connectivity index (χ3v) is 14.0. The molecule has 0 saturated carbocycles. The number of amides is 3. The zero-order valence-corrected chi connectivity index (χ0v) is 40.5. The number of rotatable bonds is 19. The molecule has 3 heterocycles. The van der Waals surface area contributed by atoms with Gasteiger partial charge < -0.3 is 61.4 Å². The lowest BCUT2D eigenvalue weighted by Gasteiger charge is -2.38. The molecule has 0 bridgehead atoms. The Kier molecular flexibility index (Phi) is 17.2. The average Bonchev–Trinajstić information content (AvgIpc) is 3.71. The third kappa shape index (κ3) is 12.7. The number of piperidine rings is 1. The van der Waals surface area contributed by atoms with Gasteiger partial charge in [-0.2, -0.15) is 0 Å². The highest BCUT2D eigenvalue weighted by molar-refractivity contribution is 6.31. The number of ether oxygens (including phenoxy) is 3. The molecule has 2 saturated heterocycles. The van der Waals surface area contributed by atoms with Gasteiger partial charge in [0, 0.05) is 63.7 Å². The predicted molar refractivity (Wildman–Crippen MR) is 268 cm³/mol. The number of aliphatic hydroxyl groups excluding tert-OH is 3. The van der Waals surface area contributed by atoms with Crippen molar-refractivity contribution in [1.82, 2.24) is 30.4 Å². The minimum absolute atomic E-state index is 0.0297. The molecule has 8 rings (SSSR count). The molecule has 5 aromatic rings. The van der Waals surface area contributed by atoms with Gasteiger partial charge in [0.15, 0.2) is 28.8 Å². The second kappa shape index (κ2) is 23.8. The van der Waals surface area contributed by atoms with E-state index in [0.717, 1.165) is 38.9 Å². The fourth-order valence-corrected chi connectivity index (χ4v) is 9.89. The number of aryl methyl sites for hydroxylation is 1. The highest BCUT2D eigenvalue weighted by Crippen LogP contribution is 2.44. The van der Waals surface area contributed by atoms with Crippen LogP contribution in [0, 0.1) is 18.8 Å². The number of carbonyl (C=O) groups excluding carboxylic acids is 3. The summed E-state index contributed by atoms with van der Waals surface area (Å²) in [6.07, 6.45) is -4.19. The summed E-state index contributed by atoms with van der Waals surface area (Å²) in [6.45, 7) is 4.05. The Hall–Kier alpha value is -6.18. The first-order valence-corrected chi connectivity index (χ1v) is 24.6. The summed E-state index contributed by atoms with van der Waals surface area (Å²) in [4.78, 5) is 53.1. The van der Waals surface area contributed by atoms with E-state index in [0.29, 0.717) is 38.9 Å². The lowest BCUT2D eigenvalue weighted by Crippen LogP contribution is -2.53. The minimum atomic E-state index is -1.41. The van der Waals surface area contributed by atoms with Gasteiger partial charge in [-0.3, -0.25) is 9.59 Å². The van der Waals surface area contributed by atoms with Crippen molar-refractivity contribution in [2.24, 2.45) is 11.8 Å². The Bertz CT molecular complexity index is 2580. The molecule has 3 aliphatic rings. The molecule has 2 fully saturated rings. The second-order valence-corrected chi connectivity index (χ2v) is 19.0. The number of fused-ring (bicyclic) bond motifs is 3. The number of hydrogen-bond donors (Lipinski definition) is 7. The summed E-state index contributed by atoms with van der Waals surface area (Å²) in [5.74, 6) is -1.28. The van der Waals surface area contributed by atoms with Crippen LogP contribution < -0.4 is 22.1 Å². The number of nitrogens with two attached hydrogens (primary N) is 2. The number of aliphatic hydroxyl groups is 3. The number of benzene rings is 4. The third-order valence-electron chi connectivity index (χ3n) is 13.7. The van der Waals surface area contributed by atoms with Gasteiger partial charge in [0.2, 0.25) is 5.91 Å². The molecule has 1 aromatic heterocycles. The molecule has 2 aliphatic heterocycles. The zero-order valence-electron chi connectivity index (χ0n) is 39.7. The van der Waals surface area contributed by atoms with Crippen LogP contribution in [0.25, 0.3) is 11.1 Å². The molecule has 9 N–H and O–H groups in total. The maximum Gasteiger partial charge on any atom is 0.409 e. The molecule has 4 aromatic carbocycles. The monoisotopic (exact) mass is 990 g/mol. The number of carbonyl (C=O) groups is 3. The number of halogens is 1. The summed E-state index contributed by atoms with van der Waals surface area (Å²) < 4.78 is 17.7. The summed E-state index contributed by atoms with van der Waals surface area (Å²) in [7, 11) is 0. The second-order valence-electron chi connectivity index (χ2n) is 18.6. The minimum Gasteiger partial charge on any atom is -0.448 e. The van der Waals surface area contributed by atoms with E-state index in [1.165, 1.54) is 0 Å². The molecule has 6 atom stereocenters. The maximum absolute atomic E-state index is 14.5. The number of anilines is 2. The highest BCUT2D eigenvalue weighted by Gasteiger charge is 2.39. The van der Waals surface area contributed by atoms with Crippen molar-refractivity contribution >= 4 is 41.1 Å². The van der Waals surface area contributed by atoms with Crippen LogP contribution in [-0.2, 0) is 25.4 Å². The number of nitrogens with one attached hydrogen (secondary N) is 2. The molecule has 71 heavy (non-hydrogen) atoms. The van der Waals surface area contributed by atoms with Crippen molar-refractivity contribution in [3.8, 4) is 11.1 Å². The van der Waals surface area contributed by atoms with Gasteiger partial charge in [-0.25, -0.2) is 14.8 Å². The molecule has 376 valence electrons. The fraction of sp³-hybridized carbons (Fsp3) is 0.415. The van der Waals surface area contributed by atoms with Crippen LogP contribution in [0.1, 0.15) is 69.8 Å². The van der Waals surface area contributed by atoms with Gasteiger partial charge in [-0.05, 0) is 71.4 Å². The molecule has 1 aliphatic carbocycles. The van der Waals surface area contributed by atoms with E-state index in [2.05, 4.69) is 44.9 Å². The van der Waals surface area contributed by atoms with Crippen LogP contribution in [0.15, 0.2) is 103 Å². The predicted octanol–water partition coefficient (Wildman–Crippen LogP) is 4.86. The Morgan fingerprint density at radius 2 is 1.55 bits per heavy atom. The molecular weight excluding hydrogens is 928 g/mol. The Labute approximate surface area is 418 Å². The normalized spacial score (nSPS) is 19.3. The van der Waals surface area contributed by atoms with Crippen molar-refractivity contribution in [2.45, 2.75) is 69.2 Å². The number of aromatic nitrogens is 2. The average molecular weight is 992 g/mol. The summed E-state index contributed by atoms with van der Waals surface area (Å²) in [5, 5.41) is 38.1. The van der Waals surface area contributed by atoms with E-state index in [1.807, 2.05) is 90.7 Å². The smallest absolute Gasteiger partial charge is 0.409 e. The van der Waals surface area contributed by atoms with Crippen molar-refractivity contribution in [1.29, 1.82) is 0 Å². The van der Waals surface area contributed by atoms with Gasteiger partial charge in [-0.1, -0.05) is 115 Å². The fourth-order valence-electron chi connectivity index (χ4n) is 9.77. The topological polar surface area (TPSA) is 248 Å². The Balaban J connectivity index is 0.896. The quantitative estimate of drug-likeness (QED) is 0.0547. The van der Waals surface area contributed by atoms with Gasteiger partial charge in [0.05, 0.1) is 12.7 Å². The van der Waals surface area contributed by atoms with E-state index in [4.69, 9.17) is 37.3 Å². The van der Waals surface area contributed by atoms with Crippen molar-refractivity contribution in [3.05, 3.63) is 142 Å². The van der Waals surface area contributed by atoms with Gasteiger partial charge in [0.1, 0.15) is 24.9 Å². The number of likely N-dealkylation sites (tertiary alicyclic amines) is 1. The van der Waals surface area contributed by atoms with E-state index in [-0.39, 0.29) is 92.0 Å². The van der Waals surface area contributed by atoms with E-state index < -0.39 is 42.7 Å². The van der Waals surface area contributed by atoms with Crippen LogP contribution in [0.2, 0.25) is 5.15 Å². The Morgan fingerprint density at radius 3 is 2.25 bits per heavy atom. The first-order valence-electron chi connectivity index (χ1n) is 24.2. The zero-order chi connectivity index (χ0) is 50.0. The molecule has 0 radical (unpaired) electrons. The molecule has 0 unspecified atom stereocenters. The molecule has 0 spiro atoms. The SMILES string of the molecule is Cc1ccccc1C[C@@H](CNC(=O)c1nc(Cl)c(N)nc1N)CN(CC1CCN(C(=O)CCNC[C@@H](O)[C@@H](O)[C@@H]2O[C@H](c3ccccc3)OC[C@H]2O)CC1)C(=O)OCC1c2ccccc2-c2ccccc21.